The van der Waals surface area contributed by atoms with Crippen molar-refractivity contribution < 1.29 is 5.11 Å². The molecule has 60 valence electrons. The van der Waals surface area contributed by atoms with Gasteiger partial charge in [0.2, 0.25) is 1.43 Å². The molecule has 10 heavy (non-hydrogen) atoms. The van der Waals surface area contributed by atoms with Crippen molar-refractivity contribution in [2.24, 2.45) is 5.92 Å². The summed E-state index contributed by atoms with van der Waals surface area (Å²) in [5, 5.41) is 4.38. The molecule has 0 aromatic carbocycles. The number of alkyl halides is 2. The van der Waals surface area contributed by atoms with Crippen LogP contribution in [0.3, 0.4) is 0 Å². The molecule has 0 radical (unpaired) electrons. The van der Waals surface area contributed by atoms with Crippen LogP contribution in [0.5, 0.6) is 0 Å². The van der Waals surface area contributed by atoms with Crippen molar-refractivity contribution in [2.45, 2.75) is 28.9 Å². The van der Waals surface area contributed by atoms with E-state index in [9.17, 15) is 0 Å². The number of aliphatic hydroxyl groups excluding tert-OH is 1. The molecular weight excluding hydrogens is 260 g/mol. The summed E-state index contributed by atoms with van der Waals surface area (Å²) in [5.41, 5.74) is 0. The van der Waals surface area contributed by atoms with E-state index in [-0.39, 0.29) is 0 Å². The van der Waals surface area contributed by atoms with Crippen molar-refractivity contribution >= 4 is 31.9 Å². The highest BCUT2D eigenvalue weighted by Gasteiger charge is 2.25. The summed E-state index contributed by atoms with van der Waals surface area (Å²) >= 11 is 7.20. The molecule has 0 heterocycles. The Morgan fingerprint density at radius 2 is 2.20 bits per heavy atom. The topological polar surface area (TPSA) is 20.2 Å². The van der Waals surface area contributed by atoms with Gasteiger partial charge >= 0.3 is 0 Å². The van der Waals surface area contributed by atoms with Gasteiger partial charge in [-0.25, -0.2) is 0 Å². The molecule has 1 rings (SSSR count). The molecule has 0 aromatic heterocycles. The number of aliphatic hydroxyl groups is 1. The summed E-state index contributed by atoms with van der Waals surface area (Å²) in [6.45, 7) is 0.585. The zero-order valence-corrected chi connectivity index (χ0v) is 8.90. The average Bonchev–Trinajstić information content (AvgIpc) is 1.98. The number of hydrogen-bond acceptors (Lipinski definition) is 1. The number of halogens is 2. The molecule has 1 aliphatic carbocycles. The van der Waals surface area contributed by atoms with Gasteiger partial charge in [-0.15, -0.1) is 0 Å². The van der Waals surface area contributed by atoms with E-state index < -0.39 is 0 Å². The molecule has 1 unspecified atom stereocenters. The Balaban J connectivity index is 2.28. The van der Waals surface area contributed by atoms with Gasteiger partial charge in [-0.2, -0.15) is 0 Å². The van der Waals surface area contributed by atoms with E-state index >= 15 is 0 Å². The van der Waals surface area contributed by atoms with Gasteiger partial charge in [0.15, 0.2) is 0 Å². The quantitative estimate of drug-likeness (QED) is 0.766. The SMILES string of the molecule is [3H]OCC1CC[C@H](Br)[C@@H](Br)C1. The van der Waals surface area contributed by atoms with Crippen LogP contribution in [-0.4, -0.2) is 22.8 Å². The molecule has 1 aliphatic rings. The van der Waals surface area contributed by atoms with Gasteiger partial charge in [-0.1, -0.05) is 31.9 Å². The number of rotatable bonds is 2. The molecule has 1 N–H and O–H groups in total. The predicted octanol–water partition coefficient (Wildman–Crippen LogP) is 2.31. The summed E-state index contributed by atoms with van der Waals surface area (Å²) < 4.78 is 6.63. The lowest BCUT2D eigenvalue weighted by Gasteiger charge is -2.28. The first kappa shape index (κ1) is 7.56. The van der Waals surface area contributed by atoms with Crippen molar-refractivity contribution in [3.05, 3.63) is 0 Å². The Labute approximate surface area is 79.9 Å². The minimum atomic E-state index is 0.552. The second kappa shape index (κ2) is 4.07. The van der Waals surface area contributed by atoms with Gasteiger partial charge in [-0.05, 0) is 25.2 Å². The van der Waals surface area contributed by atoms with E-state index in [0.717, 1.165) is 6.42 Å². The van der Waals surface area contributed by atoms with Gasteiger partial charge < -0.3 is 5.11 Å². The fraction of sp³-hybridized carbons (Fsp3) is 1.00. The van der Waals surface area contributed by atoms with Crippen LogP contribution in [-0.2, 0) is 0 Å². The standard InChI is InChI=1S/C7H12Br2O/c8-6-2-1-5(4-10)3-7(6)9/h5-7,10H,1-4H2/t5?,6-,7-/m0/s1/i10T. The minimum absolute atomic E-state index is 0.552. The normalized spacial score (nSPS) is 43.0. The van der Waals surface area contributed by atoms with Gasteiger partial charge in [-0.3, -0.25) is 0 Å². The van der Waals surface area contributed by atoms with E-state index in [1.807, 2.05) is 0 Å². The van der Waals surface area contributed by atoms with Crippen LogP contribution in [0.4, 0.5) is 0 Å². The maximum absolute atomic E-state index is 6.63. The third kappa shape index (κ3) is 2.21. The smallest absolute Gasteiger partial charge is 0.210 e. The van der Waals surface area contributed by atoms with E-state index in [4.69, 9.17) is 1.43 Å². The zero-order valence-electron chi connectivity index (χ0n) is 6.72. The van der Waals surface area contributed by atoms with Gasteiger partial charge in [0.1, 0.15) is 0 Å². The van der Waals surface area contributed by atoms with Crippen LogP contribution < -0.4 is 0 Å². The van der Waals surface area contributed by atoms with Crippen LogP contribution in [0.1, 0.15) is 19.3 Å². The van der Waals surface area contributed by atoms with Crippen LogP contribution >= 0.6 is 31.9 Å². The molecule has 1 nitrogen and oxygen atoms in total. The molecule has 0 aromatic rings. The lowest BCUT2D eigenvalue weighted by molar-refractivity contribution is 0.195. The van der Waals surface area contributed by atoms with Gasteiger partial charge in [0.05, 0.1) is 0 Å². The average molecular weight is 274 g/mol. The summed E-state index contributed by atoms with van der Waals surface area (Å²) in [4.78, 5) is 1.15. The molecular formula is C7H12Br2O. The third-order valence-corrected chi connectivity index (χ3v) is 4.85. The maximum atomic E-state index is 6.63. The second-order valence-electron chi connectivity index (χ2n) is 2.88. The maximum Gasteiger partial charge on any atom is 0.210 e. The van der Waals surface area contributed by atoms with Crippen molar-refractivity contribution in [1.29, 1.82) is 1.43 Å². The highest BCUT2D eigenvalue weighted by molar-refractivity contribution is 9.12. The lowest BCUT2D eigenvalue weighted by atomic mass is 9.90. The minimum Gasteiger partial charge on any atom is -0.396 e. The predicted molar refractivity (Wildman–Crippen MR) is 49.9 cm³/mol. The fourth-order valence-corrected chi connectivity index (χ4v) is 2.58. The highest BCUT2D eigenvalue weighted by atomic mass is 79.9. The molecule has 1 fully saturated rings. The van der Waals surface area contributed by atoms with Crippen LogP contribution in [0.2, 0.25) is 0 Å². The van der Waals surface area contributed by atoms with Crippen LogP contribution in [0, 0.1) is 5.92 Å². The van der Waals surface area contributed by atoms with Gasteiger partial charge in [0, 0.05) is 16.3 Å². The summed E-state index contributed by atoms with van der Waals surface area (Å²) in [6, 6.07) is 0. The van der Waals surface area contributed by atoms with E-state index in [0.29, 0.717) is 22.2 Å². The van der Waals surface area contributed by atoms with E-state index in [1.165, 1.54) is 12.8 Å². The fourth-order valence-electron chi connectivity index (χ4n) is 1.31. The molecule has 1 saturated carbocycles. The van der Waals surface area contributed by atoms with E-state index in [1.54, 1.807) is 0 Å². The second-order valence-corrected chi connectivity index (χ2v) is 5.23. The van der Waals surface area contributed by atoms with Crippen LogP contribution in [0.25, 0.3) is 0 Å². The molecule has 0 spiro atoms. The Morgan fingerprint density at radius 3 is 2.80 bits per heavy atom. The first-order valence-electron chi connectivity index (χ1n) is 4.01. The van der Waals surface area contributed by atoms with Crippen molar-refractivity contribution in [3.63, 3.8) is 0 Å². The van der Waals surface area contributed by atoms with Crippen LogP contribution in [0.15, 0.2) is 0 Å². The molecule has 0 amide bonds. The number of hydrogen-bond donors (Lipinski definition) is 1. The Hall–Kier alpha value is 0.920. The molecule has 3 heteroatoms. The first-order chi connectivity index (χ1) is 5.24. The lowest BCUT2D eigenvalue weighted by Crippen LogP contribution is -2.26. The first-order valence-corrected chi connectivity index (χ1v) is 5.43. The Morgan fingerprint density at radius 1 is 1.40 bits per heavy atom. The molecule has 0 bridgehead atoms. The zero-order chi connectivity index (χ0) is 8.27. The molecule has 0 saturated heterocycles. The molecule has 0 aliphatic heterocycles. The Kier molecular flexibility index (Phi) is 3.08. The summed E-state index contributed by atoms with van der Waals surface area (Å²) in [5.74, 6) is 0.575. The monoisotopic (exact) mass is 272 g/mol. The van der Waals surface area contributed by atoms with E-state index in [2.05, 4.69) is 37.0 Å². The van der Waals surface area contributed by atoms with Crippen molar-refractivity contribution in [3.8, 4) is 0 Å². The third-order valence-electron chi connectivity index (χ3n) is 2.04. The largest absolute Gasteiger partial charge is 0.396 e. The highest BCUT2D eigenvalue weighted by Crippen LogP contribution is 2.33. The summed E-state index contributed by atoms with van der Waals surface area (Å²) in [7, 11) is 0. The van der Waals surface area contributed by atoms with Crippen molar-refractivity contribution in [1.82, 2.24) is 0 Å². The Bertz CT molecular complexity index is 123. The molecule has 3 atom stereocenters. The summed E-state index contributed by atoms with van der Waals surface area (Å²) in [6.07, 6.45) is 3.48. The van der Waals surface area contributed by atoms with Crippen molar-refractivity contribution in [2.75, 3.05) is 6.61 Å². The van der Waals surface area contributed by atoms with Gasteiger partial charge in [0.25, 0.3) is 0 Å².